The van der Waals surface area contributed by atoms with E-state index in [-0.39, 0.29) is 17.4 Å². The number of benzene rings is 1. The van der Waals surface area contributed by atoms with Crippen molar-refractivity contribution in [3.63, 3.8) is 0 Å². The number of amides is 1. The second kappa shape index (κ2) is 7.51. The van der Waals surface area contributed by atoms with Crippen molar-refractivity contribution in [2.75, 3.05) is 44.8 Å². The lowest BCUT2D eigenvalue weighted by molar-refractivity contribution is 0.0555. The Balaban J connectivity index is 1.61. The summed E-state index contributed by atoms with van der Waals surface area (Å²) in [5.74, 6) is 0.993. The molecular weight excluding hydrogens is 364 g/mol. The molecule has 2 aliphatic heterocycles. The fraction of sp³-hybridized carbons (Fsp3) is 0.588. The zero-order chi connectivity index (χ0) is 18.0. The second-order valence-electron chi connectivity index (χ2n) is 6.56. The van der Waals surface area contributed by atoms with Crippen LogP contribution in [0.15, 0.2) is 18.2 Å². The van der Waals surface area contributed by atoms with Crippen LogP contribution in [0, 0.1) is 0 Å². The minimum Gasteiger partial charge on any atom is -0.496 e. The fourth-order valence-corrected chi connectivity index (χ4v) is 5.19. The van der Waals surface area contributed by atoms with Crippen LogP contribution in [0.1, 0.15) is 23.2 Å². The zero-order valence-electron chi connectivity index (χ0n) is 14.3. The number of piperazine rings is 1. The maximum Gasteiger partial charge on any atom is 0.257 e. The molecule has 2 aliphatic rings. The van der Waals surface area contributed by atoms with Gasteiger partial charge in [0.05, 0.1) is 24.2 Å². The molecule has 0 aromatic heterocycles. The molecule has 2 saturated heterocycles. The van der Waals surface area contributed by atoms with E-state index in [2.05, 4.69) is 4.90 Å². The lowest BCUT2D eigenvalue weighted by Gasteiger charge is -2.40. The van der Waals surface area contributed by atoms with Crippen LogP contribution >= 0.6 is 11.6 Å². The molecule has 138 valence electrons. The Labute approximate surface area is 153 Å². The first-order valence-electron chi connectivity index (χ1n) is 8.47. The molecule has 1 amide bonds. The minimum absolute atomic E-state index is 0.0785. The Hall–Kier alpha value is -1.31. The van der Waals surface area contributed by atoms with Crippen molar-refractivity contribution >= 4 is 27.3 Å². The van der Waals surface area contributed by atoms with Gasteiger partial charge in [0.2, 0.25) is 0 Å². The third-order valence-electron chi connectivity index (χ3n) is 5.03. The average molecular weight is 387 g/mol. The molecule has 0 N–H and O–H groups in total. The Morgan fingerprint density at radius 2 is 1.80 bits per heavy atom. The van der Waals surface area contributed by atoms with Crippen LogP contribution < -0.4 is 4.74 Å². The summed E-state index contributed by atoms with van der Waals surface area (Å²) in [5.41, 5.74) is 0.479. The summed E-state index contributed by atoms with van der Waals surface area (Å²) < 4.78 is 28.4. The molecule has 1 aromatic carbocycles. The molecule has 6 nitrogen and oxygen atoms in total. The van der Waals surface area contributed by atoms with Gasteiger partial charge in [0.25, 0.3) is 5.91 Å². The number of nitrogens with zero attached hydrogens (tertiary/aromatic N) is 2. The summed E-state index contributed by atoms with van der Waals surface area (Å²) >= 11 is 6.02. The van der Waals surface area contributed by atoms with Crippen molar-refractivity contribution in [2.45, 2.75) is 18.9 Å². The van der Waals surface area contributed by atoms with Gasteiger partial charge in [0.15, 0.2) is 0 Å². The van der Waals surface area contributed by atoms with Crippen molar-refractivity contribution in [3.05, 3.63) is 28.8 Å². The number of sulfone groups is 1. The molecule has 1 aromatic rings. The zero-order valence-corrected chi connectivity index (χ0v) is 15.9. The maximum absolute atomic E-state index is 12.8. The van der Waals surface area contributed by atoms with E-state index in [0.29, 0.717) is 48.3 Å². The standard InChI is InChI=1S/C17H23ClN2O4S/c1-24-16-3-2-13(18)12-15(16)17(21)20-8-6-19(7-9-20)14-4-10-25(22,23)11-5-14/h2-3,12,14H,4-11H2,1H3. The molecule has 2 fully saturated rings. The molecule has 0 spiro atoms. The normalized spacial score (nSPS) is 21.9. The molecule has 0 atom stereocenters. The van der Waals surface area contributed by atoms with Gasteiger partial charge in [-0.3, -0.25) is 9.69 Å². The third-order valence-corrected chi connectivity index (χ3v) is 6.98. The van der Waals surface area contributed by atoms with E-state index in [9.17, 15) is 13.2 Å². The van der Waals surface area contributed by atoms with Crippen LogP contribution in [-0.2, 0) is 9.84 Å². The first kappa shape index (κ1) is 18.5. The molecular formula is C17H23ClN2O4S. The average Bonchev–Trinajstić information content (AvgIpc) is 2.61. The lowest BCUT2D eigenvalue weighted by atomic mass is 10.1. The van der Waals surface area contributed by atoms with Gasteiger partial charge in [-0.25, -0.2) is 8.42 Å². The minimum atomic E-state index is -2.84. The number of hydrogen-bond acceptors (Lipinski definition) is 5. The fourth-order valence-electron chi connectivity index (χ4n) is 3.55. The molecule has 0 aliphatic carbocycles. The summed E-state index contributed by atoms with van der Waals surface area (Å²) in [6.45, 7) is 2.77. The Morgan fingerprint density at radius 1 is 1.16 bits per heavy atom. The summed E-state index contributed by atoms with van der Waals surface area (Å²) in [4.78, 5) is 16.9. The van der Waals surface area contributed by atoms with Crippen LogP contribution in [0.4, 0.5) is 0 Å². The van der Waals surface area contributed by atoms with Gasteiger partial charge in [-0.05, 0) is 31.0 Å². The molecule has 0 saturated carbocycles. The van der Waals surface area contributed by atoms with E-state index in [1.807, 2.05) is 4.90 Å². The Bertz CT molecular complexity index is 731. The number of ether oxygens (including phenoxy) is 1. The predicted molar refractivity (Wildman–Crippen MR) is 97.2 cm³/mol. The Morgan fingerprint density at radius 3 is 2.40 bits per heavy atom. The number of halogens is 1. The van der Waals surface area contributed by atoms with E-state index in [4.69, 9.17) is 16.3 Å². The monoisotopic (exact) mass is 386 g/mol. The highest BCUT2D eigenvalue weighted by Gasteiger charge is 2.31. The van der Waals surface area contributed by atoms with Crippen molar-refractivity contribution in [1.29, 1.82) is 0 Å². The molecule has 25 heavy (non-hydrogen) atoms. The highest BCUT2D eigenvalue weighted by molar-refractivity contribution is 7.91. The summed E-state index contributed by atoms with van der Waals surface area (Å²) in [7, 11) is -1.31. The quantitative estimate of drug-likeness (QED) is 0.790. The van der Waals surface area contributed by atoms with E-state index in [0.717, 1.165) is 13.1 Å². The van der Waals surface area contributed by atoms with E-state index >= 15 is 0 Å². The van der Waals surface area contributed by atoms with Crippen LogP contribution in [0.25, 0.3) is 0 Å². The summed E-state index contributed by atoms with van der Waals surface area (Å²) in [6, 6.07) is 5.35. The van der Waals surface area contributed by atoms with Gasteiger partial charge in [-0.15, -0.1) is 0 Å². The maximum atomic E-state index is 12.8. The van der Waals surface area contributed by atoms with Crippen LogP contribution in [0.5, 0.6) is 5.75 Å². The molecule has 0 bridgehead atoms. The molecule has 0 radical (unpaired) electrons. The third kappa shape index (κ3) is 4.27. The van der Waals surface area contributed by atoms with Gasteiger partial charge >= 0.3 is 0 Å². The number of carbonyl (C=O) groups is 1. The first-order valence-corrected chi connectivity index (χ1v) is 10.7. The smallest absolute Gasteiger partial charge is 0.257 e. The largest absolute Gasteiger partial charge is 0.496 e. The second-order valence-corrected chi connectivity index (χ2v) is 9.30. The first-order chi connectivity index (χ1) is 11.9. The van der Waals surface area contributed by atoms with Crippen LogP contribution in [-0.4, -0.2) is 75.0 Å². The summed E-state index contributed by atoms with van der Waals surface area (Å²) in [5, 5.41) is 0.506. The molecule has 0 unspecified atom stereocenters. The van der Waals surface area contributed by atoms with Crippen LogP contribution in [0.2, 0.25) is 5.02 Å². The van der Waals surface area contributed by atoms with Gasteiger partial charge in [-0.1, -0.05) is 11.6 Å². The van der Waals surface area contributed by atoms with E-state index in [1.165, 1.54) is 7.11 Å². The molecule has 3 rings (SSSR count). The Kier molecular flexibility index (Phi) is 5.55. The van der Waals surface area contributed by atoms with E-state index in [1.54, 1.807) is 18.2 Å². The van der Waals surface area contributed by atoms with Crippen LogP contribution in [0.3, 0.4) is 0 Å². The van der Waals surface area contributed by atoms with Crippen molar-refractivity contribution in [2.24, 2.45) is 0 Å². The van der Waals surface area contributed by atoms with Gasteiger partial charge < -0.3 is 9.64 Å². The topological polar surface area (TPSA) is 66.9 Å². The highest BCUT2D eigenvalue weighted by Crippen LogP contribution is 2.25. The lowest BCUT2D eigenvalue weighted by Crippen LogP contribution is -2.53. The van der Waals surface area contributed by atoms with Crippen molar-refractivity contribution in [3.8, 4) is 5.75 Å². The highest BCUT2D eigenvalue weighted by atomic mass is 35.5. The number of carbonyl (C=O) groups excluding carboxylic acids is 1. The molecule has 8 heteroatoms. The van der Waals surface area contributed by atoms with Crippen molar-refractivity contribution in [1.82, 2.24) is 9.80 Å². The summed E-state index contributed by atoms with van der Waals surface area (Å²) in [6.07, 6.45) is 1.39. The van der Waals surface area contributed by atoms with Gasteiger partial charge in [0.1, 0.15) is 15.6 Å². The molecule has 2 heterocycles. The number of methoxy groups -OCH3 is 1. The SMILES string of the molecule is COc1ccc(Cl)cc1C(=O)N1CCN(C2CCS(=O)(=O)CC2)CC1. The predicted octanol–water partition coefficient (Wildman–Crippen LogP) is 1.68. The number of hydrogen-bond donors (Lipinski definition) is 0. The van der Waals surface area contributed by atoms with Gasteiger partial charge in [-0.2, -0.15) is 0 Å². The van der Waals surface area contributed by atoms with Crippen molar-refractivity contribution < 1.29 is 17.9 Å². The van der Waals surface area contributed by atoms with Gasteiger partial charge in [0, 0.05) is 37.2 Å². The van der Waals surface area contributed by atoms with E-state index < -0.39 is 9.84 Å². The number of rotatable bonds is 3.